The highest BCUT2D eigenvalue weighted by Gasteiger charge is 2.22. The van der Waals surface area contributed by atoms with Gasteiger partial charge in [0.2, 0.25) is 0 Å². The second-order valence-corrected chi connectivity index (χ2v) is 8.22. The van der Waals surface area contributed by atoms with E-state index in [1.54, 1.807) is 29.9 Å². The third kappa shape index (κ3) is 2.79. The topological polar surface area (TPSA) is 30.7 Å². The van der Waals surface area contributed by atoms with Gasteiger partial charge in [-0.1, -0.05) is 52.5 Å². The van der Waals surface area contributed by atoms with Crippen molar-refractivity contribution < 1.29 is 0 Å². The Kier molecular flexibility index (Phi) is 4.74. The van der Waals surface area contributed by atoms with Crippen molar-refractivity contribution in [1.29, 1.82) is 0 Å². The fourth-order valence-corrected chi connectivity index (χ4v) is 4.72. The summed E-state index contributed by atoms with van der Waals surface area (Å²) in [7, 11) is 1.77. The molecule has 114 valence electrons. The Bertz CT molecular complexity index is 854. The summed E-state index contributed by atoms with van der Waals surface area (Å²) in [5, 5.41) is 6.26. The minimum atomic E-state index is 0.435. The van der Waals surface area contributed by atoms with Crippen molar-refractivity contribution in [2.24, 2.45) is 7.05 Å². The van der Waals surface area contributed by atoms with Crippen LogP contribution in [0.5, 0.6) is 0 Å². The molecule has 0 radical (unpaired) electrons. The number of aromatic nitrogens is 3. The summed E-state index contributed by atoms with van der Waals surface area (Å²) < 4.78 is 2.37. The Morgan fingerprint density at radius 1 is 1.09 bits per heavy atom. The normalized spacial score (nSPS) is 11.2. The summed E-state index contributed by atoms with van der Waals surface area (Å²) in [6.07, 6.45) is 0. The highest BCUT2D eigenvalue weighted by molar-refractivity contribution is 9.11. The molecule has 9 heteroatoms. The maximum atomic E-state index is 6.25. The average Bonchev–Trinajstić information content (AvgIpc) is 2.94. The zero-order chi connectivity index (χ0) is 16.0. The van der Waals surface area contributed by atoms with E-state index in [1.165, 1.54) is 11.3 Å². The van der Waals surface area contributed by atoms with Gasteiger partial charge in [-0.2, -0.15) is 5.10 Å². The number of hydrogen-bond donors (Lipinski definition) is 0. The molecule has 0 atom stereocenters. The van der Waals surface area contributed by atoms with Crippen LogP contribution in [-0.4, -0.2) is 14.8 Å². The van der Waals surface area contributed by atoms with Gasteiger partial charge < -0.3 is 0 Å². The average molecular weight is 458 g/mol. The number of rotatable bonds is 2. The molecule has 0 N–H and O–H groups in total. The van der Waals surface area contributed by atoms with Crippen LogP contribution in [0.15, 0.2) is 22.0 Å². The number of benzene rings is 1. The first-order chi connectivity index (χ1) is 10.4. The first-order valence-corrected chi connectivity index (χ1v) is 9.01. The van der Waals surface area contributed by atoms with Crippen molar-refractivity contribution in [2.45, 2.75) is 0 Å². The van der Waals surface area contributed by atoms with Crippen LogP contribution in [0.4, 0.5) is 0 Å². The summed E-state index contributed by atoms with van der Waals surface area (Å²) in [5.74, 6) is 1.03. The third-order valence-corrected chi connectivity index (χ3v) is 6.70. The van der Waals surface area contributed by atoms with Crippen LogP contribution >= 0.6 is 73.7 Å². The van der Waals surface area contributed by atoms with E-state index in [0.717, 1.165) is 8.66 Å². The Morgan fingerprint density at radius 3 is 2.27 bits per heavy atom. The highest BCUT2D eigenvalue weighted by atomic mass is 79.9. The Balaban J connectivity index is 2.18. The fraction of sp³-hybridized carbons (Fsp3) is 0.0769. The quantitative estimate of drug-likeness (QED) is 0.434. The lowest BCUT2D eigenvalue weighted by Gasteiger charge is -2.01. The third-order valence-electron chi connectivity index (χ3n) is 2.91. The molecule has 2 heterocycles. The molecular formula is C13H6BrCl4N3S. The minimum absolute atomic E-state index is 0.435. The van der Waals surface area contributed by atoms with E-state index in [1.807, 2.05) is 0 Å². The van der Waals surface area contributed by atoms with Gasteiger partial charge in [-0.3, -0.25) is 0 Å². The molecule has 3 nitrogen and oxygen atoms in total. The molecule has 0 unspecified atom stereocenters. The molecule has 0 fully saturated rings. The van der Waals surface area contributed by atoms with Crippen molar-refractivity contribution in [3.05, 3.63) is 42.1 Å². The van der Waals surface area contributed by atoms with Crippen LogP contribution in [0.1, 0.15) is 0 Å². The van der Waals surface area contributed by atoms with Crippen molar-refractivity contribution >= 4 is 73.7 Å². The molecule has 0 aliphatic carbocycles. The lowest BCUT2D eigenvalue weighted by molar-refractivity contribution is 0.779. The van der Waals surface area contributed by atoms with E-state index in [-0.39, 0.29) is 0 Å². The zero-order valence-corrected chi connectivity index (χ0v) is 16.3. The molecule has 3 aromatic rings. The van der Waals surface area contributed by atoms with Crippen molar-refractivity contribution in [3.63, 3.8) is 0 Å². The van der Waals surface area contributed by atoms with Gasteiger partial charge in [0.25, 0.3) is 0 Å². The van der Waals surface area contributed by atoms with Gasteiger partial charge in [0.15, 0.2) is 11.6 Å². The van der Waals surface area contributed by atoms with Gasteiger partial charge in [-0.25, -0.2) is 9.67 Å². The predicted octanol–water partition coefficient (Wildman–Crippen LogP) is 6.59. The fourth-order valence-electron chi connectivity index (χ4n) is 1.91. The summed E-state index contributed by atoms with van der Waals surface area (Å²) in [4.78, 5) is 5.24. The molecule has 0 spiro atoms. The van der Waals surface area contributed by atoms with E-state index in [9.17, 15) is 0 Å². The smallest absolute Gasteiger partial charge is 0.184 e. The summed E-state index contributed by atoms with van der Waals surface area (Å²) in [5.41, 5.74) is 0.588. The Morgan fingerprint density at radius 2 is 1.73 bits per heavy atom. The zero-order valence-electron chi connectivity index (χ0n) is 10.9. The monoisotopic (exact) mass is 455 g/mol. The minimum Gasteiger partial charge on any atom is -0.248 e. The lowest BCUT2D eigenvalue weighted by atomic mass is 10.2. The predicted molar refractivity (Wildman–Crippen MR) is 97.5 cm³/mol. The van der Waals surface area contributed by atoms with Gasteiger partial charge in [-0.05, 0) is 28.1 Å². The van der Waals surface area contributed by atoms with E-state index >= 15 is 0 Å². The molecule has 1 aromatic carbocycles. The second kappa shape index (κ2) is 6.30. The van der Waals surface area contributed by atoms with Crippen LogP contribution in [0, 0.1) is 0 Å². The number of hydrogen-bond acceptors (Lipinski definition) is 3. The molecule has 22 heavy (non-hydrogen) atoms. The van der Waals surface area contributed by atoms with Gasteiger partial charge in [0, 0.05) is 7.05 Å². The Labute approximate surface area is 158 Å². The maximum absolute atomic E-state index is 6.25. The highest BCUT2D eigenvalue weighted by Crippen LogP contribution is 2.45. The molecule has 2 aromatic heterocycles. The molecular weight excluding hydrogens is 452 g/mol. The molecule has 0 bridgehead atoms. The second-order valence-electron chi connectivity index (χ2n) is 4.31. The van der Waals surface area contributed by atoms with Crippen molar-refractivity contribution in [3.8, 4) is 22.1 Å². The molecule has 3 rings (SSSR count). The summed E-state index contributed by atoms with van der Waals surface area (Å²) in [6, 6.07) is 5.25. The SMILES string of the molecule is Cn1nc(-c2c(Cl)cccc2Cl)nc1-c1sc(Br)c(Cl)c1Cl. The molecule has 0 saturated heterocycles. The van der Waals surface area contributed by atoms with E-state index in [2.05, 4.69) is 26.0 Å². The molecule has 0 saturated carbocycles. The van der Waals surface area contributed by atoms with Gasteiger partial charge >= 0.3 is 0 Å². The maximum Gasteiger partial charge on any atom is 0.184 e. The molecule has 0 amide bonds. The van der Waals surface area contributed by atoms with Crippen molar-refractivity contribution in [1.82, 2.24) is 14.8 Å². The van der Waals surface area contributed by atoms with Crippen LogP contribution in [0.25, 0.3) is 22.1 Å². The van der Waals surface area contributed by atoms with E-state index < -0.39 is 0 Å². The lowest BCUT2D eigenvalue weighted by Crippen LogP contribution is -1.93. The van der Waals surface area contributed by atoms with Gasteiger partial charge in [-0.15, -0.1) is 11.3 Å². The first kappa shape index (κ1) is 16.6. The van der Waals surface area contributed by atoms with Crippen LogP contribution in [-0.2, 0) is 7.05 Å². The number of nitrogens with zero attached hydrogens (tertiary/aromatic N) is 3. The summed E-state index contributed by atoms with van der Waals surface area (Å²) >= 11 is 29.5. The Hall–Kier alpha value is -0.300. The number of thiophene rings is 1. The number of halogens is 5. The van der Waals surface area contributed by atoms with E-state index in [4.69, 9.17) is 46.4 Å². The first-order valence-electron chi connectivity index (χ1n) is 5.89. The van der Waals surface area contributed by atoms with E-state index in [0.29, 0.717) is 37.3 Å². The van der Waals surface area contributed by atoms with Crippen LogP contribution in [0.3, 0.4) is 0 Å². The summed E-state index contributed by atoms with van der Waals surface area (Å²) in [6.45, 7) is 0. The number of aryl methyl sites for hydroxylation is 1. The van der Waals surface area contributed by atoms with Gasteiger partial charge in [0.1, 0.15) is 0 Å². The van der Waals surface area contributed by atoms with Crippen molar-refractivity contribution in [2.75, 3.05) is 0 Å². The van der Waals surface area contributed by atoms with Gasteiger partial charge in [0.05, 0.1) is 34.3 Å². The molecule has 0 aliphatic heterocycles. The van der Waals surface area contributed by atoms with Crippen LogP contribution < -0.4 is 0 Å². The standard InChI is InChI=1S/C13H6BrCl4N3S/c1-21-13(10-8(17)9(18)11(14)22-10)19-12(20-21)7-5(15)3-2-4-6(7)16/h2-4H,1H3. The molecule has 0 aliphatic rings. The van der Waals surface area contributed by atoms with Crippen LogP contribution in [0.2, 0.25) is 20.1 Å². The largest absolute Gasteiger partial charge is 0.248 e.